The average molecular weight is 132 g/mol. The molecule has 56 valence electrons. The van der Waals surface area contributed by atoms with E-state index >= 15 is 0 Å². The summed E-state index contributed by atoms with van der Waals surface area (Å²) in [6.07, 6.45) is 1.35. The van der Waals surface area contributed by atoms with Crippen molar-refractivity contribution in [1.82, 2.24) is 0 Å². The highest BCUT2D eigenvalue weighted by Gasteiger charge is 1.88. The van der Waals surface area contributed by atoms with E-state index in [2.05, 4.69) is 24.5 Å². The van der Waals surface area contributed by atoms with Crippen LogP contribution in [-0.2, 0) is 0 Å². The third-order valence-corrected chi connectivity index (χ3v) is 1.39. The summed E-state index contributed by atoms with van der Waals surface area (Å²) in [5.41, 5.74) is 0. The Morgan fingerprint density at radius 3 is 1.67 bits per heavy atom. The molecule has 0 bridgehead atoms. The Balaban J connectivity index is 2.60. The van der Waals surface area contributed by atoms with E-state index < -0.39 is 0 Å². The third kappa shape index (κ3) is 7.92. The van der Waals surface area contributed by atoms with Crippen molar-refractivity contribution < 1.29 is 10.6 Å². The highest BCUT2D eigenvalue weighted by atomic mass is 14.9. The van der Waals surface area contributed by atoms with Gasteiger partial charge < -0.3 is 10.6 Å². The molecule has 0 aromatic rings. The molecular formula is C7H20N2+2. The van der Waals surface area contributed by atoms with Crippen LogP contribution in [0.4, 0.5) is 0 Å². The van der Waals surface area contributed by atoms with Crippen LogP contribution in [0.1, 0.15) is 20.3 Å². The van der Waals surface area contributed by atoms with Gasteiger partial charge in [-0.15, -0.1) is 0 Å². The predicted molar refractivity (Wildman–Crippen MR) is 39.3 cm³/mol. The maximum Gasteiger partial charge on any atom is 0.0809 e. The molecule has 0 radical (unpaired) electrons. The van der Waals surface area contributed by atoms with E-state index in [1.165, 1.54) is 32.6 Å². The molecule has 0 saturated heterocycles. The fourth-order valence-corrected chi connectivity index (χ4v) is 0.815. The molecule has 0 aliphatic rings. The van der Waals surface area contributed by atoms with E-state index in [1.54, 1.807) is 0 Å². The predicted octanol–water partition coefficient (Wildman–Crippen LogP) is -1.46. The summed E-state index contributed by atoms with van der Waals surface area (Å²) in [5.74, 6) is 0. The maximum atomic E-state index is 2.35. The molecule has 0 spiro atoms. The van der Waals surface area contributed by atoms with Gasteiger partial charge in [-0.1, -0.05) is 0 Å². The molecule has 0 unspecified atom stereocenters. The number of quaternary nitrogens is 2. The first-order valence-corrected chi connectivity index (χ1v) is 4.05. The van der Waals surface area contributed by atoms with Crippen molar-refractivity contribution in [3.05, 3.63) is 0 Å². The Bertz CT molecular complexity index is 40.2. The van der Waals surface area contributed by atoms with Gasteiger partial charge in [-0.3, -0.25) is 0 Å². The molecule has 2 nitrogen and oxygen atoms in total. The first-order valence-electron chi connectivity index (χ1n) is 4.05. The van der Waals surface area contributed by atoms with Gasteiger partial charge in [-0.25, -0.2) is 0 Å². The molecule has 0 aromatic carbocycles. The molecule has 0 fully saturated rings. The summed E-state index contributed by atoms with van der Waals surface area (Å²) in [7, 11) is 0. The lowest BCUT2D eigenvalue weighted by atomic mass is 10.4. The monoisotopic (exact) mass is 132 g/mol. The fourth-order valence-electron chi connectivity index (χ4n) is 0.815. The van der Waals surface area contributed by atoms with Crippen molar-refractivity contribution in [2.45, 2.75) is 20.3 Å². The van der Waals surface area contributed by atoms with E-state index in [0.29, 0.717) is 0 Å². The van der Waals surface area contributed by atoms with Gasteiger partial charge in [0.1, 0.15) is 0 Å². The minimum atomic E-state index is 1.23. The number of hydrogen-bond donors (Lipinski definition) is 2. The van der Waals surface area contributed by atoms with Gasteiger partial charge in [0.15, 0.2) is 0 Å². The Labute approximate surface area is 58.0 Å². The quantitative estimate of drug-likeness (QED) is 0.414. The Kier molecular flexibility index (Phi) is 7.85. The largest absolute Gasteiger partial charge is 0.346 e. The van der Waals surface area contributed by atoms with Gasteiger partial charge in [-0.2, -0.15) is 0 Å². The van der Waals surface area contributed by atoms with Gasteiger partial charge >= 0.3 is 0 Å². The van der Waals surface area contributed by atoms with Crippen LogP contribution in [0.15, 0.2) is 0 Å². The Morgan fingerprint density at radius 1 is 0.889 bits per heavy atom. The number of nitrogens with two attached hydrogens (primary N) is 2. The van der Waals surface area contributed by atoms with E-state index in [4.69, 9.17) is 0 Å². The molecule has 0 heterocycles. The first-order chi connectivity index (χ1) is 4.41. The third-order valence-electron chi connectivity index (χ3n) is 1.39. The van der Waals surface area contributed by atoms with Gasteiger partial charge in [0, 0.05) is 6.42 Å². The SMILES string of the molecule is CC[NH2+]CCC[NH2+]CC. The zero-order valence-corrected chi connectivity index (χ0v) is 6.69. The lowest BCUT2D eigenvalue weighted by Crippen LogP contribution is -2.87. The van der Waals surface area contributed by atoms with Gasteiger partial charge in [0.25, 0.3) is 0 Å². The zero-order valence-electron chi connectivity index (χ0n) is 6.69. The smallest absolute Gasteiger partial charge is 0.0809 e. The van der Waals surface area contributed by atoms with E-state index in [9.17, 15) is 0 Å². The van der Waals surface area contributed by atoms with Crippen molar-refractivity contribution in [1.29, 1.82) is 0 Å². The molecule has 0 aromatic heterocycles. The molecule has 0 saturated carbocycles. The van der Waals surface area contributed by atoms with Crippen molar-refractivity contribution in [2.24, 2.45) is 0 Å². The van der Waals surface area contributed by atoms with Gasteiger partial charge in [0.05, 0.1) is 26.2 Å². The Hall–Kier alpha value is -0.0800. The lowest BCUT2D eigenvalue weighted by molar-refractivity contribution is -0.677. The Morgan fingerprint density at radius 2 is 1.33 bits per heavy atom. The van der Waals surface area contributed by atoms with E-state index in [-0.39, 0.29) is 0 Å². The zero-order chi connectivity index (χ0) is 6.95. The summed E-state index contributed by atoms with van der Waals surface area (Å²) in [6, 6.07) is 0. The maximum absolute atomic E-state index is 2.35. The van der Waals surface area contributed by atoms with Gasteiger partial charge in [-0.05, 0) is 13.8 Å². The minimum Gasteiger partial charge on any atom is -0.346 e. The van der Waals surface area contributed by atoms with Crippen LogP contribution in [0.3, 0.4) is 0 Å². The second-order valence-corrected chi connectivity index (χ2v) is 2.32. The van der Waals surface area contributed by atoms with Gasteiger partial charge in [0.2, 0.25) is 0 Å². The highest BCUT2D eigenvalue weighted by molar-refractivity contribution is 4.23. The highest BCUT2D eigenvalue weighted by Crippen LogP contribution is 1.58. The minimum absolute atomic E-state index is 1.23. The van der Waals surface area contributed by atoms with Crippen molar-refractivity contribution in [3.63, 3.8) is 0 Å². The van der Waals surface area contributed by atoms with Crippen LogP contribution in [-0.4, -0.2) is 26.2 Å². The molecule has 2 heteroatoms. The number of rotatable bonds is 6. The summed E-state index contributed by atoms with van der Waals surface area (Å²) >= 11 is 0. The second-order valence-electron chi connectivity index (χ2n) is 2.32. The first kappa shape index (κ1) is 8.92. The molecule has 4 N–H and O–H groups in total. The van der Waals surface area contributed by atoms with Crippen LogP contribution in [0.2, 0.25) is 0 Å². The van der Waals surface area contributed by atoms with Crippen LogP contribution >= 0.6 is 0 Å². The van der Waals surface area contributed by atoms with Crippen molar-refractivity contribution in [3.8, 4) is 0 Å². The standard InChI is InChI=1S/C7H18N2/c1-3-8-6-5-7-9-4-2/h8-9H,3-7H2,1-2H3/p+2. The molecular weight excluding hydrogens is 112 g/mol. The summed E-state index contributed by atoms with van der Waals surface area (Å²) < 4.78 is 0. The van der Waals surface area contributed by atoms with Crippen LogP contribution in [0, 0.1) is 0 Å². The molecule has 0 aliphatic carbocycles. The molecule has 0 amide bonds. The average Bonchev–Trinajstić information content (AvgIpc) is 1.89. The summed E-state index contributed by atoms with van der Waals surface area (Å²) in [5, 5.41) is 4.70. The topological polar surface area (TPSA) is 33.2 Å². The normalized spacial score (nSPS) is 10.0. The van der Waals surface area contributed by atoms with E-state index in [1.807, 2.05) is 0 Å². The number of hydrogen-bond acceptors (Lipinski definition) is 0. The lowest BCUT2D eigenvalue weighted by Gasteiger charge is -1.96. The van der Waals surface area contributed by atoms with Crippen LogP contribution < -0.4 is 10.6 Å². The molecule has 0 atom stereocenters. The molecule has 9 heavy (non-hydrogen) atoms. The van der Waals surface area contributed by atoms with Crippen molar-refractivity contribution >= 4 is 0 Å². The summed E-state index contributed by atoms with van der Waals surface area (Å²) in [6.45, 7) is 9.45. The van der Waals surface area contributed by atoms with Crippen LogP contribution in [0.5, 0.6) is 0 Å². The molecule has 0 rings (SSSR count). The molecule has 0 aliphatic heterocycles. The second kappa shape index (κ2) is 7.92. The van der Waals surface area contributed by atoms with Crippen LogP contribution in [0.25, 0.3) is 0 Å². The van der Waals surface area contributed by atoms with Crippen molar-refractivity contribution in [2.75, 3.05) is 26.2 Å². The van der Waals surface area contributed by atoms with E-state index in [0.717, 1.165) is 0 Å². The fraction of sp³-hybridized carbons (Fsp3) is 1.00. The summed E-state index contributed by atoms with van der Waals surface area (Å²) in [4.78, 5) is 0.